The van der Waals surface area contributed by atoms with Gasteiger partial charge in [-0.3, -0.25) is 0 Å². The SMILES string of the molecule is CN[C@@H]1CC[C@@H](c2ccc(Cl)cc2)c2ccccc21.Cl. The molecule has 20 heavy (non-hydrogen) atoms. The second-order valence-corrected chi connectivity index (χ2v) is 5.59. The molecule has 0 heterocycles. The summed E-state index contributed by atoms with van der Waals surface area (Å²) in [6.45, 7) is 0. The van der Waals surface area contributed by atoms with E-state index in [1.807, 2.05) is 19.2 Å². The van der Waals surface area contributed by atoms with Crippen molar-refractivity contribution in [3.63, 3.8) is 0 Å². The van der Waals surface area contributed by atoms with Gasteiger partial charge in [0.2, 0.25) is 0 Å². The Balaban J connectivity index is 0.00000147. The Hall–Kier alpha value is -1.02. The van der Waals surface area contributed by atoms with Gasteiger partial charge < -0.3 is 5.32 Å². The maximum atomic E-state index is 5.99. The van der Waals surface area contributed by atoms with E-state index < -0.39 is 0 Å². The number of hydrogen-bond acceptors (Lipinski definition) is 1. The topological polar surface area (TPSA) is 12.0 Å². The second kappa shape index (κ2) is 6.62. The average Bonchev–Trinajstić information content (AvgIpc) is 2.47. The summed E-state index contributed by atoms with van der Waals surface area (Å²) < 4.78 is 0. The molecule has 2 aromatic carbocycles. The van der Waals surface area contributed by atoms with Gasteiger partial charge >= 0.3 is 0 Å². The van der Waals surface area contributed by atoms with Crippen molar-refractivity contribution >= 4 is 24.0 Å². The maximum absolute atomic E-state index is 5.99. The van der Waals surface area contributed by atoms with Gasteiger partial charge in [0.25, 0.3) is 0 Å². The van der Waals surface area contributed by atoms with E-state index in [0.717, 1.165) is 5.02 Å². The summed E-state index contributed by atoms with van der Waals surface area (Å²) >= 11 is 5.99. The van der Waals surface area contributed by atoms with Crippen LogP contribution in [0.5, 0.6) is 0 Å². The van der Waals surface area contributed by atoms with Crippen molar-refractivity contribution in [2.24, 2.45) is 0 Å². The van der Waals surface area contributed by atoms with E-state index >= 15 is 0 Å². The largest absolute Gasteiger partial charge is 0.313 e. The van der Waals surface area contributed by atoms with E-state index in [-0.39, 0.29) is 12.4 Å². The van der Waals surface area contributed by atoms with Gasteiger partial charge in [0.05, 0.1) is 0 Å². The fourth-order valence-electron chi connectivity index (χ4n) is 3.13. The number of halogens is 2. The van der Waals surface area contributed by atoms with Gasteiger partial charge in [-0.15, -0.1) is 12.4 Å². The van der Waals surface area contributed by atoms with Gasteiger partial charge in [-0.1, -0.05) is 48.0 Å². The first kappa shape index (κ1) is 15.4. The van der Waals surface area contributed by atoms with E-state index in [1.165, 1.54) is 29.5 Å². The van der Waals surface area contributed by atoms with Crippen LogP contribution in [0, 0.1) is 0 Å². The highest BCUT2D eigenvalue weighted by Crippen LogP contribution is 2.41. The van der Waals surface area contributed by atoms with Crippen LogP contribution in [0.15, 0.2) is 48.5 Å². The van der Waals surface area contributed by atoms with Crippen LogP contribution in [-0.2, 0) is 0 Å². The minimum atomic E-state index is 0. The lowest BCUT2D eigenvalue weighted by molar-refractivity contribution is 0.471. The Morgan fingerprint density at radius 2 is 1.60 bits per heavy atom. The lowest BCUT2D eigenvalue weighted by Gasteiger charge is -2.31. The smallest absolute Gasteiger partial charge is 0.0406 e. The third-order valence-corrected chi connectivity index (χ3v) is 4.36. The molecular formula is C17H19Cl2N. The summed E-state index contributed by atoms with van der Waals surface area (Å²) in [6.07, 6.45) is 2.37. The first-order chi connectivity index (χ1) is 9.29. The van der Waals surface area contributed by atoms with Crippen LogP contribution in [-0.4, -0.2) is 7.05 Å². The lowest BCUT2D eigenvalue weighted by atomic mass is 9.77. The standard InChI is InChI=1S/C17H18ClN.ClH/c1-19-17-11-10-14(12-6-8-13(18)9-7-12)15-4-2-3-5-16(15)17;/h2-9,14,17,19H,10-11H2,1H3;1H/t14-,17+;/m0./s1. The van der Waals surface area contributed by atoms with Crippen molar-refractivity contribution in [2.75, 3.05) is 7.05 Å². The summed E-state index contributed by atoms with van der Waals surface area (Å²) in [7, 11) is 2.05. The molecule has 3 heteroatoms. The van der Waals surface area contributed by atoms with Crippen LogP contribution in [0.25, 0.3) is 0 Å². The minimum absolute atomic E-state index is 0. The zero-order valence-electron chi connectivity index (χ0n) is 11.5. The fraction of sp³-hybridized carbons (Fsp3) is 0.294. The van der Waals surface area contributed by atoms with Gasteiger partial charge in [-0.05, 0) is 48.7 Å². The van der Waals surface area contributed by atoms with E-state index in [4.69, 9.17) is 11.6 Å². The molecule has 0 saturated carbocycles. The minimum Gasteiger partial charge on any atom is -0.313 e. The molecule has 0 radical (unpaired) electrons. The van der Waals surface area contributed by atoms with Gasteiger partial charge in [0.1, 0.15) is 0 Å². The summed E-state index contributed by atoms with van der Waals surface area (Å²) in [6, 6.07) is 17.6. The fourth-order valence-corrected chi connectivity index (χ4v) is 3.26. The first-order valence-electron chi connectivity index (χ1n) is 6.81. The van der Waals surface area contributed by atoms with Crippen molar-refractivity contribution in [3.8, 4) is 0 Å². The van der Waals surface area contributed by atoms with Crippen LogP contribution in [0.3, 0.4) is 0 Å². The second-order valence-electron chi connectivity index (χ2n) is 5.15. The molecule has 0 saturated heterocycles. The Labute approximate surface area is 131 Å². The van der Waals surface area contributed by atoms with E-state index in [1.54, 1.807) is 0 Å². The predicted octanol–water partition coefficient (Wildman–Crippen LogP) is 4.95. The maximum Gasteiger partial charge on any atom is 0.0406 e. The third kappa shape index (κ3) is 2.85. The van der Waals surface area contributed by atoms with Crippen LogP contribution in [0.1, 0.15) is 41.5 Å². The van der Waals surface area contributed by atoms with Crippen LogP contribution in [0.2, 0.25) is 5.02 Å². The molecule has 0 bridgehead atoms. The molecule has 2 atom stereocenters. The molecule has 0 aliphatic heterocycles. The molecule has 1 N–H and O–H groups in total. The first-order valence-corrected chi connectivity index (χ1v) is 7.19. The highest BCUT2D eigenvalue weighted by molar-refractivity contribution is 6.30. The van der Waals surface area contributed by atoms with Gasteiger partial charge in [0.15, 0.2) is 0 Å². The summed E-state index contributed by atoms with van der Waals surface area (Å²) in [5.41, 5.74) is 4.26. The normalized spacial score (nSPS) is 20.9. The van der Waals surface area contributed by atoms with Gasteiger partial charge in [-0.25, -0.2) is 0 Å². The molecule has 0 aromatic heterocycles. The van der Waals surface area contributed by atoms with Crippen LogP contribution < -0.4 is 5.32 Å². The molecule has 0 spiro atoms. The van der Waals surface area contributed by atoms with Crippen molar-refractivity contribution in [1.82, 2.24) is 5.32 Å². The quantitative estimate of drug-likeness (QED) is 0.828. The van der Waals surface area contributed by atoms with Crippen molar-refractivity contribution in [2.45, 2.75) is 24.8 Å². The van der Waals surface area contributed by atoms with Crippen molar-refractivity contribution in [1.29, 1.82) is 0 Å². The molecule has 1 aliphatic carbocycles. The van der Waals surface area contributed by atoms with Gasteiger partial charge in [-0.2, -0.15) is 0 Å². The highest BCUT2D eigenvalue weighted by Gasteiger charge is 2.26. The van der Waals surface area contributed by atoms with Crippen LogP contribution in [0.4, 0.5) is 0 Å². The third-order valence-electron chi connectivity index (χ3n) is 4.11. The molecule has 1 nitrogen and oxygen atoms in total. The van der Waals surface area contributed by atoms with Crippen molar-refractivity contribution < 1.29 is 0 Å². The molecular weight excluding hydrogens is 289 g/mol. The molecule has 0 unspecified atom stereocenters. The molecule has 1 aliphatic rings. The number of hydrogen-bond donors (Lipinski definition) is 1. The predicted molar refractivity (Wildman–Crippen MR) is 88.0 cm³/mol. The Bertz CT molecular complexity index is 565. The molecule has 2 aromatic rings. The number of fused-ring (bicyclic) bond motifs is 1. The molecule has 3 rings (SSSR count). The Morgan fingerprint density at radius 1 is 0.950 bits per heavy atom. The zero-order valence-corrected chi connectivity index (χ0v) is 13.0. The number of benzene rings is 2. The van der Waals surface area contributed by atoms with Crippen LogP contribution >= 0.6 is 24.0 Å². The number of nitrogens with one attached hydrogen (secondary N) is 1. The summed E-state index contributed by atoms with van der Waals surface area (Å²) in [5.74, 6) is 0.498. The van der Waals surface area contributed by atoms with Gasteiger partial charge in [0, 0.05) is 17.0 Å². The molecule has 0 amide bonds. The zero-order chi connectivity index (χ0) is 13.2. The number of rotatable bonds is 2. The Morgan fingerprint density at radius 3 is 2.25 bits per heavy atom. The average molecular weight is 308 g/mol. The van der Waals surface area contributed by atoms with E-state index in [9.17, 15) is 0 Å². The molecule has 0 fully saturated rings. The summed E-state index contributed by atoms with van der Waals surface area (Å²) in [4.78, 5) is 0. The van der Waals surface area contributed by atoms with E-state index in [2.05, 4.69) is 41.7 Å². The monoisotopic (exact) mass is 307 g/mol. The lowest BCUT2D eigenvalue weighted by Crippen LogP contribution is -2.24. The Kier molecular flexibility index (Phi) is 5.09. The molecule has 106 valence electrons. The van der Waals surface area contributed by atoms with E-state index in [0.29, 0.717) is 12.0 Å². The van der Waals surface area contributed by atoms with Crippen molar-refractivity contribution in [3.05, 3.63) is 70.2 Å². The summed E-state index contributed by atoms with van der Waals surface area (Å²) in [5, 5.41) is 4.23. The highest BCUT2D eigenvalue weighted by atomic mass is 35.5.